The van der Waals surface area contributed by atoms with Gasteiger partial charge in [0.1, 0.15) is 0 Å². The number of carbonyl (C=O) groups is 2. The minimum absolute atomic E-state index is 0.102. The number of carbonyl (C=O) groups excluding carboxylic acids is 1. The zero-order valence-corrected chi connectivity index (χ0v) is 12.0. The molecule has 0 heterocycles. The standard InChI is InChI=1S/C13H25N3O3/c1-9(16(2)3)8-14-13(19)15-11-6-4-10(5-7-11)12(17)18/h9-11H,4-8H2,1-3H3,(H,17,18)(H2,14,15,19). The summed E-state index contributed by atoms with van der Waals surface area (Å²) in [5.74, 6) is -0.961. The number of hydrogen-bond acceptors (Lipinski definition) is 3. The second kappa shape index (κ2) is 7.33. The molecule has 1 rings (SSSR count). The molecule has 0 aromatic heterocycles. The lowest BCUT2D eigenvalue weighted by atomic mass is 9.86. The highest BCUT2D eigenvalue weighted by Gasteiger charge is 2.26. The minimum Gasteiger partial charge on any atom is -0.481 e. The van der Waals surface area contributed by atoms with Crippen LogP contribution in [0.5, 0.6) is 0 Å². The highest BCUT2D eigenvalue weighted by atomic mass is 16.4. The normalized spacial score (nSPS) is 24.8. The third-order valence-electron chi connectivity index (χ3n) is 3.85. The molecule has 1 aliphatic rings. The predicted octanol–water partition coefficient (Wildman–Crippen LogP) is 0.879. The van der Waals surface area contributed by atoms with Gasteiger partial charge in [0.25, 0.3) is 0 Å². The molecule has 0 spiro atoms. The number of rotatable bonds is 5. The fourth-order valence-corrected chi connectivity index (χ4v) is 2.14. The Bertz CT molecular complexity index is 312. The molecule has 0 aromatic rings. The van der Waals surface area contributed by atoms with Gasteiger partial charge in [-0.3, -0.25) is 4.79 Å². The average molecular weight is 271 g/mol. The fraction of sp³-hybridized carbons (Fsp3) is 0.846. The second-order valence-corrected chi connectivity index (χ2v) is 5.55. The third-order valence-corrected chi connectivity index (χ3v) is 3.85. The van der Waals surface area contributed by atoms with Crippen molar-refractivity contribution in [3.05, 3.63) is 0 Å². The van der Waals surface area contributed by atoms with Gasteiger partial charge in [0.15, 0.2) is 0 Å². The maximum Gasteiger partial charge on any atom is 0.315 e. The smallest absolute Gasteiger partial charge is 0.315 e. The van der Waals surface area contributed by atoms with E-state index in [2.05, 4.69) is 10.6 Å². The Labute approximate surface area is 114 Å². The van der Waals surface area contributed by atoms with Crippen molar-refractivity contribution < 1.29 is 14.7 Å². The van der Waals surface area contributed by atoms with Crippen molar-refractivity contribution in [3.8, 4) is 0 Å². The van der Waals surface area contributed by atoms with Gasteiger partial charge >= 0.3 is 12.0 Å². The molecule has 0 saturated heterocycles. The van der Waals surface area contributed by atoms with Gasteiger partial charge in [-0.2, -0.15) is 0 Å². The van der Waals surface area contributed by atoms with Crippen LogP contribution in [0.3, 0.4) is 0 Å². The summed E-state index contributed by atoms with van der Waals surface area (Å²) in [4.78, 5) is 24.6. The van der Waals surface area contributed by atoms with E-state index < -0.39 is 5.97 Å². The monoisotopic (exact) mass is 271 g/mol. The minimum atomic E-state index is -0.720. The predicted molar refractivity (Wildman–Crippen MR) is 73.1 cm³/mol. The first kappa shape index (κ1) is 15.8. The van der Waals surface area contributed by atoms with E-state index in [9.17, 15) is 9.59 Å². The van der Waals surface area contributed by atoms with Gasteiger partial charge in [-0.15, -0.1) is 0 Å². The summed E-state index contributed by atoms with van der Waals surface area (Å²) >= 11 is 0. The van der Waals surface area contributed by atoms with Crippen LogP contribution in [0.1, 0.15) is 32.6 Å². The van der Waals surface area contributed by atoms with Crippen molar-refractivity contribution >= 4 is 12.0 Å². The number of likely N-dealkylation sites (N-methyl/N-ethyl adjacent to an activating group) is 1. The topological polar surface area (TPSA) is 81.7 Å². The van der Waals surface area contributed by atoms with E-state index in [-0.39, 0.29) is 24.0 Å². The number of amides is 2. The van der Waals surface area contributed by atoms with Gasteiger partial charge in [0, 0.05) is 18.6 Å². The van der Waals surface area contributed by atoms with E-state index in [1.807, 2.05) is 25.9 Å². The van der Waals surface area contributed by atoms with Gasteiger partial charge in [0.05, 0.1) is 5.92 Å². The van der Waals surface area contributed by atoms with E-state index in [1.165, 1.54) is 0 Å². The van der Waals surface area contributed by atoms with Crippen LogP contribution in [0.15, 0.2) is 0 Å². The van der Waals surface area contributed by atoms with E-state index >= 15 is 0 Å². The molecule has 1 saturated carbocycles. The van der Waals surface area contributed by atoms with Crippen LogP contribution in [0.2, 0.25) is 0 Å². The van der Waals surface area contributed by atoms with E-state index in [0.717, 1.165) is 12.8 Å². The summed E-state index contributed by atoms with van der Waals surface area (Å²) in [6.45, 7) is 2.64. The molecule has 1 unspecified atom stereocenters. The second-order valence-electron chi connectivity index (χ2n) is 5.55. The maximum absolute atomic E-state index is 11.7. The lowest BCUT2D eigenvalue weighted by Crippen LogP contribution is -2.47. The Morgan fingerprint density at radius 2 is 1.84 bits per heavy atom. The number of carboxylic acid groups (broad SMARTS) is 1. The van der Waals surface area contributed by atoms with Crippen LogP contribution in [0, 0.1) is 5.92 Å². The summed E-state index contributed by atoms with van der Waals surface area (Å²) < 4.78 is 0. The quantitative estimate of drug-likeness (QED) is 0.693. The molecule has 0 aliphatic heterocycles. The molecule has 19 heavy (non-hydrogen) atoms. The molecule has 0 bridgehead atoms. The van der Waals surface area contributed by atoms with Crippen LogP contribution in [-0.2, 0) is 4.79 Å². The van der Waals surface area contributed by atoms with E-state index in [0.29, 0.717) is 19.4 Å². The van der Waals surface area contributed by atoms with Crippen LogP contribution in [0.4, 0.5) is 4.79 Å². The molecular weight excluding hydrogens is 246 g/mol. The molecule has 1 fully saturated rings. The Morgan fingerprint density at radius 3 is 2.32 bits per heavy atom. The van der Waals surface area contributed by atoms with Crippen molar-refractivity contribution in [3.63, 3.8) is 0 Å². The third kappa shape index (κ3) is 5.46. The molecule has 1 aliphatic carbocycles. The first-order chi connectivity index (χ1) is 8.90. The highest BCUT2D eigenvalue weighted by molar-refractivity contribution is 5.74. The largest absolute Gasteiger partial charge is 0.481 e. The molecule has 6 heteroatoms. The number of hydrogen-bond donors (Lipinski definition) is 3. The lowest BCUT2D eigenvalue weighted by molar-refractivity contribution is -0.142. The Morgan fingerprint density at radius 1 is 1.26 bits per heavy atom. The van der Waals surface area contributed by atoms with Gasteiger partial charge in [-0.05, 0) is 46.7 Å². The zero-order valence-electron chi connectivity index (χ0n) is 12.0. The summed E-state index contributed by atoms with van der Waals surface area (Å²) in [5, 5.41) is 14.6. The van der Waals surface area contributed by atoms with Crippen molar-refractivity contribution in [2.45, 2.75) is 44.7 Å². The van der Waals surface area contributed by atoms with Crippen molar-refractivity contribution in [2.75, 3.05) is 20.6 Å². The Kier molecular flexibility index (Phi) is 6.08. The van der Waals surface area contributed by atoms with Crippen molar-refractivity contribution in [2.24, 2.45) is 5.92 Å². The highest BCUT2D eigenvalue weighted by Crippen LogP contribution is 2.24. The lowest BCUT2D eigenvalue weighted by Gasteiger charge is -2.27. The summed E-state index contributed by atoms with van der Waals surface area (Å²) in [6.07, 6.45) is 2.78. The SMILES string of the molecule is CC(CNC(=O)NC1CCC(C(=O)O)CC1)N(C)C. The number of nitrogens with one attached hydrogen (secondary N) is 2. The number of urea groups is 1. The first-order valence-corrected chi connectivity index (χ1v) is 6.83. The molecule has 110 valence electrons. The van der Waals surface area contributed by atoms with Gasteiger partial charge in [0.2, 0.25) is 0 Å². The van der Waals surface area contributed by atoms with Crippen molar-refractivity contribution in [1.82, 2.24) is 15.5 Å². The van der Waals surface area contributed by atoms with Crippen LogP contribution in [-0.4, -0.2) is 54.7 Å². The van der Waals surface area contributed by atoms with Crippen molar-refractivity contribution in [1.29, 1.82) is 0 Å². The first-order valence-electron chi connectivity index (χ1n) is 6.83. The molecule has 0 radical (unpaired) electrons. The van der Waals surface area contributed by atoms with E-state index in [4.69, 9.17) is 5.11 Å². The molecule has 6 nitrogen and oxygen atoms in total. The van der Waals surface area contributed by atoms with Crippen LogP contribution >= 0.6 is 0 Å². The average Bonchev–Trinajstić information content (AvgIpc) is 2.36. The summed E-state index contributed by atoms with van der Waals surface area (Å²) in [6, 6.07) is 0.228. The van der Waals surface area contributed by atoms with Crippen LogP contribution < -0.4 is 10.6 Å². The summed E-state index contributed by atoms with van der Waals surface area (Å²) in [7, 11) is 3.94. The number of aliphatic carboxylic acids is 1. The fourth-order valence-electron chi connectivity index (χ4n) is 2.14. The Balaban J connectivity index is 2.22. The van der Waals surface area contributed by atoms with Crippen LogP contribution in [0.25, 0.3) is 0 Å². The molecule has 1 atom stereocenters. The van der Waals surface area contributed by atoms with Gasteiger partial charge in [-0.1, -0.05) is 0 Å². The molecule has 3 N–H and O–H groups in total. The van der Waals surface area contributed by atoms with Gasteiger partial charge < -0.3 is 20.6 Å². The zero-order chi connectivity index (χ0) is 14.4. The molecular formula is C13H25N3O3. The summed E-state index contributed by atoms with van der Waals surface area (Å²) in [5.41, 5.74) is 0. The Hall–Kier alpha value is -1.30. The molecule has 0 aromatic carbocycles. The number of carboxylic acids is 1. The van der Waals surface area contributed by atoms with E-state index in [1.54, 1.807) is 0 Å². The number of nitrogens with zero attached hydrogens (tertiary/aromatic N) is 1. The molecule has 2 amide bonds. The van der Waals surface area contributed by atoms with Gasteiger partial charge in [-0.25, -0.2) is 4.79 Å². The maximum atomic E-state index is 11.7.